The Morgan fingerprint density at radius 1 is 1.17 bits per heavy atom. The highest BCUT2D eigenvalue weighted by Gasteiger charge is 2.17. The topological polar surface area (TPSA) is 44.2 Å². The molecule has 0 amide bonds. The van der Waals surface area contributed by atoms with E-state index in [4.69, 9.17) is 21.1 Å². The minimum absolute atomic E-state index is 0.0625. The molecule has 1 heterocycles. The molecule has 0 aliphatic carbocycles. The third-order valence-corrected chi connectivity index (χ3v) is 2.65. The summed E-state index contributed by atoms with van der Waals surface area (Å²) in [6.07, 6.45) is -2.79. The van der Waals surface area contributed by atoms with Gasteiger partial charge in [0, 0.05) is 11.5 Å². The summed E-state index contributed by atoms with van der Waals surface area (Å²) in [5.74, 6) is 0.154. The molecule has 0 aliphatic rings. The first-order valence-electron chi connectivity index (χ1n) is 4.94. The van der Waals surface area contributed by atoms with Gasteiger partial charge in [0.1, 0.15) is 22.2 Å². The largest absolute Gasteiger partial charge is 0.497 e. The predicted octanol–water partition coefficient (Wildman–Crippen LogP) is 3.24. The first-order chi connectivity index (χ1) is 8.56. The normalized spacial score (nSPS) is 11.0. The van der Waals surface area contributed by atoms with Crippen LogP contribution in [0.5, 0.6) is 11.5 Å². The van der Waals surface area contributed by atoms with Gasteiger partial charge in [-0.1, -0.05) is 11.6 Å². The van der Waals surface area contributed by atoms with E-state index in [0.29, 0.717) is 16.9 Å². The molecule has 4 nitrogen and oxygen atoms in total. The van der Waals surface area contributed by atoms with Crippen molar-refractivity contribution in [3.05, 3.63) is 23.1 Å². The van der Waals surface area contributed by atoms with Crippen LogP contribution in [0.4, 0.5) is 8.78 Å². The van der Waals surface area contributed by atoms with E-state index < -0.39 is 12.2 Å². The van der Waals surface area contributed by atoms with Crippen LogP contribution < -0.4 is 9.47 Å². The SMILES string of the molecule is COc1cc(OC)c2nc(C(F)F)nc(Cl)c2c1. The number of nitrogens with zero attached hydrogens (tertiary/aromatic N) is 2. The molecule has 2 rings (SSSR count). The fraction of sp³-hybridized carbons (Fsp3) is 0.273. The fourth-order valence-corrected chi connectivity index (χ4v) is 1.76. The van der Waals surface area contributed by atoms with Crippen LogP contribution in [0.1, 0.15) is 12.2 Å². The lowest BCUT2D eigenvalue weighted by molar-refractivity contribution is 0.140. The standard InChI is InChI=1S/C11H9ClF2N2O2/c1-17-5-3-6-8(7(4-5)18-2)15-11(10(13)14)16-9(6)12/h3-4,10H,1-2H3. The zero-order valence-corrected chi connectivity index (χ0v) is 10.3. The first kappa shape index (κ1) is 12.8. The smallest absolute Gasteiger partial charge is 0.297 e. The molecule has 0 bridgehead atoms. The van der Waals surface area contributed by atoms with Gasteiger partial charge in [0.2, 0.25) is 0 Å². The monoisotopic (exact) mass is 274 g/mol. The minimum Gasteiger partial charge on any atom is -0.497 e. The molecule has 0 fully saturated rings. The van der Waals surface area contributed by atoms with E-state index >= 15 is 0 Å². The average Bonchev–Trinajstić information content (AvgIpc) is 2.37. The van der Waals surface area contributed by atoms with Crippen molar-refractivity contribution in [1.82, 2.24) is 9.97 Å². The Kier molecular flexibility index (Phi) is 3.47. The van der Waals surface area contributed by atoms with Gasteiger partial charge in [-0.2, -0.15) is 0 Å². The van der Waals surface area contributed by atoms with Crippen LogP contribution >= 0.6 is 11.6 Å². The average molecular weight is 275 g/mol. The van der Waals surface area contributed by atoms with Crippen LogP contribution in [0.2, 0.25) is 5.15 Å². The lowest BCUT2D eigenvalue weighted by Crippen LogP contribution is -1.99. The maximum Gasteiger partial charge on any atom is 0.297 e. The molecule has 18 heavy (non-hydrogen) atoms. The Hall–Kier alpha value is -1.69. The van der Waals surface area contributed by atoms with Crippen molar-refractivity contribution in [2.45, 2.75) is 6.43 Å². The van der Waals surface area contributed by atoms with Crippen molar-refractivity contribution in [3.63, 3.8) is 0 Å². The van der Waals surface area contributed by atoms with E-state index in [1.807, 2.05) is 0 Å². The molecule has 1 aromatic heterocycles. The number of ether oxygens (including phenoxy) is 2. The number of alkyl halides is 2. The summed E-state index contributed by atoms with van der Waals surface area (Å²) in [6.45, 7) is 0. The molecule has 0 radical (unpaired) electrons. The predicted molar refractivity (Wildman–Crippen MR) is 62.6 cm³/mol. The third kappa shape index (κ3) is 2.15. The number of fused-ring (bicyclic) bond motifs is 1. The van der Waals surface area contributed by atoms with E-state index in [-0.39, 0.29) is 10.7 Å². The molecular weight excluding hydrogens is 266 g/mol. The molecule has 0 unspecified atom stereocenters. The van der Waals surface area contributed by atoms with Crippen LogP contribution in [0.3, 0.4) is 0 Å². The van der Waals surface area contributed by atoms with Gasteiger partial charge >= 0.3 is 0 Å². The molecule has 1 aromatic carbocycles. The molecule has 0 atom stereocenters. The van der Waals surface area contributed by atoms with Crippen molar-refractivity contribution in [1.29, 1.82) is 0 Å². The van der Waals surface area contributed by atoms with Crippen LogP contribution in [-0.2, 0) is 0 Å². The lowest BCUT2D eigenvalue weighted by atomic mass is 10.2. The molecule has 7 heteroatoms. The second kappa shape index (κ2) is 4.89. The van der Waals surface area contributed by atoms with Crippen molar-refractivity contribution in [2.24, 2.45) is 0 Å². The molecule has 0 saturated carbocycles. The van der Waals surface area contributed by atoms with E-state index in [1.54, 1.807) is 12.1 Å². The first-order valence-corrected chi connectivity index (χ1v) is 5.32. The maximum absolute atomic E-state index is 12.6. The number of benzene rings is 1. The second-order valence-corrected chi connectivity index (χ2v) is 3.76. The van der Waals surface area contributed by atoms with Gasteiger partial charge in [-0.05, 0) is 6.07 Å². The van der Waals surface area contributed by atoms with Crippen molar-refractivity contribution in [2.75, 3.05) is 14.2 Å². The summed E-state index contributed by atoms with van der Waals surface area (Å²) >= 11 is 5.87. The van der Waals surface area contributed by atoms with Gasteiger partial charge < -0.3 is 9.47 Å². The number of hydrogen-bond donors (Lipinski definition) is 0. The summed E-state index contributed by atoms with van der Waals surface area (Å²) in [5.41, 5.74) is 0.230. The van der Waals surface area contributed by atoms with Crippen LogP contribution in [0.25, 0.3) is 10.9 Å². The molecule has 0 aliphatic heterocycles. The summed E-state index contributed by atoms with van der Waals surface area (Å²) in [4.78, 5) is 7.30. The number of halogens is 3. The zero-order chi connectivity index (χ0) is 13.3. The van der Waals surface area contributed by atoms with Gasteiger partial charge in [-0.15, -0.1) is 0 Å². The van der Waals surface area contributed by atoms with Gasteiger partial charge in [0.05, 0.1) is 14.2 Å². The molecular formula is C11H9ClF2N2O2. The second-order valence-electron chi connectivity index (χ2n) is 3.40. The summed E-state index contributed by atoms with van der Waals surface area (Å²) in [7, 11) is 2.88. The Balaban J connectivity index is 2.78. The van der Waals surface area contributed by atoms with E-state index in [9.17, 15) is 8.78 Å². The highest BCUT2D eigenvalue weighted by molar-refractivity contribution is 6.34. The Morgan fingerprint density at radius 3 is 2.44 bits per heavy atom. The van der Waals surface area contributed by atoms with Crippen molar-refractivity contribution < 1.29 is 18.3 Å². The van der Waals surface area contributed by atoms with E-state index in [0.717, 1.165) is 0 Å². The Morgan fingerprint density at radius 2 is 1.89 bits per heavy atom. The third-order valence-electron chi connectivity index (χ3n) is 2.36. The van der Waals surface area contributed by atoms with Crippen molar-refractivity contribution in [3.8, 4) is 11.5 Å². The molecule has 0 spiro atoms. The number of hydrogen-bond acceptors (Lipinski definition) is 4. The van der Waals surface area contributed by atoms with Crippen molar-refractivity contribution >= 4 is 22.5 Å². The van der Waals surface area contributed by atoms with Gasteiger partial charge in [-0.3, -0.25) is 0 Å². The Bertz CT molecular complexity index is 593. The quantitative estimate of drug-likeness (QED) is 0.806. The summed E-state index contributed by atoms with van der Waals surface area (Å²) in [6, 6.07) is 3.11. The minimum atomic E-state index is -2.79. The molecule has 96 valence electrons. The molecule has 0 saturated heterocycles. The number of methoxy groups -OCH3 is 2. The lowest BCUT2D eigenvalue weighted by Gasteiger charge is -2.10. The van der Waals surface area contributed by atoms with Gasteiger partial charge in [-0.25, -0.2) is 18.7 Å². The zero-order valence-electron chi connectivity index (χ0n) is 9.58. The number of rotatable bonds is 3. The summed E-state index contributed by atoms with van der Waals surface area (Å²) < 4.78 is 35.4. The summed E-state index contributed by atoms with van der Waals surface area (Å²) in [5, 5.41) is 0.338. The van der Waals surface area contributed by atoms with Crippen LogP contribution in [0, 0.1) is 0 Å². The van der Waals surface area contributed by atoms with Gasteiger partial charge in [0.15, 0.2) is 5.82 Å². The highest BCUT2D eigenvalue weighted by atomic mass is 35.5. The molecule has 0 N–H and O–H groups in total. The van der Waals surface area contributed by atoms with E-state index in [1.165, 1.54) is 14.2 Å². The fourth-order valence-electron chi connectivity index (χ4n) is 1.53. The molecule has 2 aromatic rings. The number of aromatic nitrogens is 2. The highest BCUT2D eigenvalue weighted by Crippen LogP contribution is 2.34. The van der Waals surface area contributed by atoms with E-state index in [2.05, 4.69) is 9.97 Å². The Labute approximate surface area is 107 Å². The van der Waals surface area contributed by atoms with Crippen LogP contribution in [0.15, 0.2) is 12.1 Å². The van der Waals surface area contributed by atoms with Gasteiger partial charge in [0.25, 0.3) is 6.43 Å². The van der Waals surface area contributed by atoms with Crippen LogP contribution in [-0.4, -0.2) is 24.2 Å². The maximum atomic E-state index is 12.6.